The van der Waals surface area contributed by atoms with Gasteiger partial charge in [-0.3, -0.25) is 0 Å². The highest BCUT2D eigenvalue weighted by molar-refractivity contribution is 6.02. The quantitative estimate of drug-likeness (QED) is 0.572. The molecular weight excluding hydrogens is 318 g/mol. The van der Waals surface area contributed by atoms with Crippen molar-refractivity contribution in [2.75, 3.05) is 20.2 Å². The average Bonchev–Trinajstić information content (AvgIpc) is 2.50. The average molecular weight is 345 g/mol. The second-order valence-electron chi connectivity index (χ2n) is 7.11. The van der Waals surface area contributed by atoms with Crippen molar-refractivity contribution in [2.45, 2.75) is 57.7 Å². The maximum Gasteiger partial charge on any atom is 0.410 e. The molecule has 8 nitrogen and oxygen atoms in total. The fraction of sp³-hybridized carbons (Fsp3) is 0.812. The second-order valence-corrected chi connectivity index (χ2v) is 7.11. The normalized spacial score (nSPS) is 18.6. The summed E-state index contributed by atoms with van der Waals surface area (Å²) in [5.41, 5.74) is -3.07. The Morgan fingerprint density at radius 3 is 2.12 bits per heavy atom. The van der Waals surface area contributed by atoms with E-state index < -0.39 is 23.1 Å². The van der Waals surface area contributed by atoms with E-state index in [1.54, 1.807) is 25.7 Å². The van der Waals surface area contributed by atoms with Crippen LogP contribution in [0.15, 0.2) is 0 Å². The van der Waals surface area contributed by atoms with Crippen molar-refractivity contribution in [3.8, 4) is 0 Å². The molecule has 0 aromatic rings. The molecule has 0 bridgehead atoms. The maximum absolute atomic E-state index is 12.0. The number of rotatable bonds is 5. The first kappa shape index (κ1) is 20.2. The summed E-state index contributed by atoms with van der Waals surface area (Å²) < 4.78 is 9.68. The van der Waals surface area contributed by atoms with Crippen LogP contribution in [0.5, 0.6) is 0 Å². The van der Waals surface area contributed by atoms with E-state index in [1.807, 2.05) is 0 Å². The van der Waals surface area contributed by atoms with Crippen LogP contribution < -0.4 is 0 Å². The van der Waals surface area contributed by atoms with Gasteiger partial charge >= 0.3 is 18.0 Å². The molecular formula is C16H27NO7. The lowest BCUT2D eigenvalue weighted by Gasteiger charge is -2.34. The third-order valence-corrected chi connectivity index (χ3v) is 4.06. The van der Waals surface area contributed by atoms with Crippen molar-refractivity contribution in [3.05, 3.63) is 0 Å². The van der Waals surface area contributed by atoms with Crippen LogP contribution in [0.4, 0.5) is 4.79 Å². The van der Waals surface area contributed by atoms with E-state index in [0.29, 0.717) is 32.4 Å². The summed E-state index contributed by atoms with van der Waals surface area (Å²) in [6.07, 6.45) is 1.11. The molecule has 24 heavy (non-hydrogen) atoms. The number of carbonyl (C=O) groups is 3. The van der Waals surface area contributed by atoms with Gasteiger partial charge in [0.25, 0.3) is 5.60 Å². The van der Waals surface area contributed by atoms with Crippen molar-refractivity contribution in [2.24, 2.45) is 5.92 Å². The molecule has 0 aromatic carbocycles. The minimum absolute atomic E-state index is 0.124. The van der Waals surface area contributed by atoms with Crippen LogP contribution in [0.2, 0.25) is 0 Å². The van der Waals surface area contributed by atoms with Crippen molar-refractivity contribution >= 4 is 18.0 Å². The number of esters is 1. The Labute approximate surface area is 141 Å². The zero-order chi connectivity index (χ0) is 18.5. The molecule has 1 rings (SSSR count). The van der Waals surface area contributed by atoms with Gasteiger partial charge in [0.15, 0.2) is 0 Å². The number of carbonyl (C=O) groups excluding carboxylic acids is 2. The first-order valence-corrected chi connectivity index (χ1v) is 8.01. The Bertz CT molecular complexity index is 477. The first-order chi connectivity index (χ1) is 11.0. The molecule has 0 saturated carbocycles. The van der Waals surface area contributed by atoms with Crippen molar-refractivity contribution in [1.29, 1.82) is 0 Å². The van der Waals surface area contributed by atoms with Gasteiger partial charge in [-0.2, -0.15) is 0 Å². The molecule has 1 aliphatic heterocycles. The van der Waals surface area contributed by atoms with Gasteiger partial charge in [0, 0.05) is 13.1 Å². The first-order valence-electron chi connectivity index (χ1n) is 8.01. The number of likely N-dealkylation sites (tertiary alicyclic amines) is 1. The van der Waals surface area contributed by atoms with Crippen LogP contribution in [-0.4, -0.2) is 64.5 Å². The molecule has 8 heteroatoms. The third-order valence-electron chi connectivity index (χ3n) is 4.06. The standard InChI is InChI=1S/C16H27NO7/c1-15(2,3)24-14(21)17-9-6-11(7-10-17)5-8-16(22,12(18)19)13(20)23-4/h11,22H,5-10H2,1-4H3,(H,18,19)/t16-/m0/s1. The number of aliphatic hydroxyl groups is 1. The number of aliphatic carboxylic acids is 1. The molecule has 0 aromatic heterocycles. The lowest BCUT2D eigenvalue weighted by atomic mass is 9.87. The molecule has 0 radical (unpaired) electrons. The fourth-order valence-electron chi connectivity index (χ4n) is 2.61. The van der Waals surface area contributed by atoms with Gasteiger partial charge in [0.05, 0.1) is 7.11 Å². The molecule has 1 aliphatic rings. The SMILES string of the molecule is COC(=O)[C@](O)(CCC1CCN(C(=O)OC(C)(C)C)CC1)C(=O)O. The minimum Gasteiger partial charge on any atom is -0.479 e. The van der Waals surface area contributed by atoms with Crippen LogP contribution in [0, 0.1) is 5.92 Å². The van der Waals surface area contributed by atoms with E-state index in [1.165, 1.54) is 0 Å². The lowest BCUT2D eigenvalue weighted by Crippen LogP contribution is -2.48. The van der Waals surface area contributed by atoms with E-state index in [2.05, 4.69) is 4.74 Å². The van der Waals surface area contributed by atoms with E-state index in [9.17, 15) is 19.5 Å². The summed E-state index contributed by atoms with van der Waals surface area (Å²) >= 11 is 0. The van der Waals surface area contributed by atoms with Crippen LogP contribution in [0.3, 0.4) is 0 Å². The zero-order valence-electron chi connectivity index (χ0n) is 14.7. The van der Waals surface area contributed by atoms with Crippen LogP contribution in [-0.2, 0) is 19.1 Å². The van der Waals surface area contributed by atoms with Gasteiger partial charge in [0.2, 0.25) is 0 Å². The van der Waals surface area contributed by atoms with Crippen LogP contribution in [0.1, 0.15) is 46.5 Å². The number of methoxy groups -OCH3 is 1. The van der Waals surface area contributed by atoms with Gasteiger partial charge in [-0.25, -0.2) is 14.4 Å². The summed E-state index contributed by atoms with van der Waals surface area (Å²) in [7, 11) is 1.04. The summed E-state index contributed by atoms with van der Waals surface area (Å²) in [4.78, 5) is 36.2. The summed E-state index contributed by atoms with van der Waals surface area (Å²) in [5, 5.41) is 19.1. The van der Waals surface area contributed by atoms with Crippen molar-refractivity contribution in [3.63, 3.8) is 0 Å². The van der Waals surface area contributed by atoms with Crippen molar-refractivity contribution < 1.29 is 34.1 Å². The molecule has 1 fully saturated rings. The number of carboxylic acids is 1. The molecule has 0 unspecified atom stereocenters. The van der Waals surface area contributed by atoms with Crippen LogP contribution >= 0.6 is 0 Å². The zero-order valence-corrected chi connectivity index (χ0v) is 14.7. The number of nitrogens with zero attached hydrogens (tertiary/aromatic N) is 1. The molecule has 2 N–H and O–H groups in total. The van der Waals surface area contributed by atoms with E-state index >= 15 is 0 Å². The highest BCUT2D eigenvalue weighted by atomic mass is 16.6. The number of carboxylic acid groups (broad SMARTS) is 1. The van der Waals surface area contributed by atoms with E-state index in [0.717, 1.165) is 7.11 Å². The van der Waals surface area contributed by atoms with Gasteiger partial charge in [-0.15, -0.1) is 0 Å². The second kappa shape index (κ2) is 7.83. The topological polar surface area (TPSA) is 113 Å². The summed E-state index contributed by atoms with van der Waals surface area (Å²) in [6, 6.07) is 0. The molecule has 1 atom stereocenters. The third kappa shape index (κ3) is 5.36. The number of piperidine rings is 1. The molecule has 1 heterocycles. The van der Waals surface area contributed by atoms with Gasteiger partial charge in [-0.1, -0.05) is 0 Å². The Kier molecular flexibility index (Phi) is 6.59. The Hall–Kier alpha value is -1.83. The number of ether oxygens (including phenoxy) is 2. The number of hydrogen-bond acceptors (Lipinski definition) is 6. The van der Waals surface area contributed by atoms with E-state index in [4.69, 9.17) is 9.84 Å². The molecule has 0 spiro atoms. The number of amides is 1. The van der Waals surface area contributed by atoms with Crippen molar-refractivity contribution in [1.82, 2.24) is 4.90 Å². The summed E-state index contributed by atoms with van der Waals surface area (Å²) in [6.45, 7) is 6.41. The fourth-order valence-corrected chi connectivity index (χ4v) is 2.61. The highest BCUT2D eigenvalue weighted by Gasteiger charge is 2.45. The monoisotopic (exact) mass is 345 g/mol. The van der Waals surface area contributed by atoms with E-state index in [-0.39, 0.29) is 18.4 Å². The molecule has 1 amide bonds. The molecule has 1 saturated heterocycles. The minimum atomic E-state index is -2.52. The summed E-state index contributed by atoms with van der Waals surface area (Å²) in [5.74, 6) is -2.65. The van der Waals surface area contributed by atoms with Crippen LogP contribution in [0.25, 0.3) is 0 Å². The Morgan fingerprint density at radius 1 is 1.17 bits per heavy atom. The smallest absolute Gasteiger partial charge is 0.410 e. The van der Waals surface area contributed by atoms with Gasteiger partial charge in [0.1, 0.15) is 5.60 Å². The van der Waals surface area contributed by atoms with Gasteiger partial charge < -0.3 is 24.6 Å². The predicted octanol–water partition coefficient (Wildman–Crippen LogP) is 1.40. The Morgan fingerprint density at radius 2 is 1.71 bits per heavy atom. The number of hydrogen-bond donors (Lipinski definition) is 2. The molecule has 0 aliphatic carbocycles. The Balaban J connectivity index is 2.50. The maximum atomic E-state index is 12.0. The highest BCUT2D eigenvalue weighted by Crippen LogP contribution is 2.27. The molecule has 138 valence electrons. The lowest BCUT2D eigenvalue weighted by molar-refractivity contribution is -0.179. The predicted molar refractivity (Wildman–Crippen MR) is 84.4 cm³/mol. The largest absolute Gasteiger partial charge is 0.479 e. The van der Waals surface area contributed by atoms with Gasteiger partial charge in [-0.05, 0) is 52.4 Å².